The maximum absolute atomic E-state index is 12.7. The Morgan fingerprint density at radius 3 is 2.62 bits per heavy atom. The number of benzene rings is 3. The van der Waals surface area contributed by atoms with Crippen molar-refractivity contribution in [1.82, 2.24) is 15.2 Å². The zero-order valence-electron chi connectivity index (χ0n) is 17.5. The number of hydrogen-bond donors (Lipinski definition) is 2. The summed E-state index contributed by atoms with van der Waals surface area (Å²) in [6.45, 7) is 4.86. The van der Waals surface area contributed by atoms with E-state index in [1.807, 2.05) is 36.4 Å². The van der Waals surface area contributed by atoms with Gasteiger partial charge in [0.25, 0.3) is 5.91 Å². The van der Waals surface area contributed by atoms with Gasteiger partial charge >= 0.3 is 0 Å². The van der Waals surface area contributed by atoms with E-state index in [-0.39, 0.29) is 5.91 Å². The van der Waals surface area contributed by atoms with Crippen LogP contribution in [0.5, 0.6) is 0 Å². The topological polar surface area (TPSA) is 70.4 Å². The van der Waals surface area contributed by atoms with E-state index in [0.29, 0.717) is 22.2 Å². The number of hydrogen-bond acceptors (Lipinski definition) is 5. The molecule has 0 bridgehead atoms. The van der Waals surface area contributed by atoms with Gasteiger partial charge in [-0.25, -0.2) is 4.98 Å². The Balaban J connectivity index is 1.44. The summed E-state index contributed by atoms with van der Waals surface area (Å²) in [7, 11) is 0. The first kappa shape index (κ1) is 20.7. The van der Waals surface area contributed by atoms with E-state index in [1.165, 1.54) is 0 Å². The van der Waals surface area contributed by atoms with Gasteiger partial charge in [0, 0.05) is 43.3 Å². The van der Waals surface area contributed by atoms with Gasteiger partial charge in [-0.1, -0.05) is 35.9 Å². The lowest BCUT2D eigenvalue weighted by Crippen LogP contribution is -2.42. The predicted molar refractivity (Wildman–Crippen MR) is 127 cm³/mol. The number of oxazole rings is 1. The van der Waals surface area contributed by atoms with Crippen LogP contribution in [0.25, 0.3) is 22.6 Å². The van der Waals surface area contributed by atoms with E-state index < -0.39 is 0 Å². The molecule has 0 saturated carbocycles. The van der Waals surface area contributed by atoms with E-state index in [4.69, 9.17) is 21.0 Å². The molecule has 1 aliphatic rings. The van der Waals surface area contributed by atoms with Gasteiger partial charge in [0.2, 0.25) is 5.89 Å². The molecule has 0 radical (unpaired) electrons. The Labute approximate surface area is 191 Å². The summed E-state index contributed by atoms with van der Waals surface area (Å²) in [6.07, 6.45) is 0. The van der Waals surface area contributed by atoms with Crippen LogP contribution in [0, 0.1) is 0 Å². The highest BCUT2D eigenvalue weighted by Crippen LogP contribution is 2.32. The van der Waals surface area contributed by atoms with E-state index in [0.717, 1.165) is 55.0 Å². The zero-order valence-corrected chi connectivity index (χ0v) is 18.2. The van der Waals surface area contributed by atoms with Crippen molar-refractivity contribution in [2.45, 2.75) is 6.54 Å². The fourth-order valence-electron chi connectivity index (χ4n) is 3.93. The number of anilines is 1. The van der Waals surface area contributed by atoms with Crippen LogP contribution >= 0.6 is 11.6 Å². The molecule has 0 atom stereocenters. The number of carbonyl (C=O) groups excluding carboxylic acids is 1. The molecule has 7 heteroatoms. The lowest BCUT2D eigenvalue weighted by Gasteiger charge is -2.27. The van der Waals surface area contributed by atoms with Crippen LogP contribution in [0.3, 0.4) is 0 Å². The van der Waals surface area contributed by atoms with Gasteiger partial charge in [-0.3, -0.25) is 9.69 Å². The molecule has 1 aliphatic heterocycles. The lowest BCUT2D eigenvalue weighted by molar-refractivity contribution is 0.102. The van der Waals surface area contributed by atoms with Gasteiger partial charge in [-0.05, 0) is 48.0 Å². The van der Waals surface area contributed by atoms with Crippen molar-refractivity contribution in [3.05, 3.63) is 82.9 Å². The van der Waals surface area contributed by atoms with Gasteiger partial charge in [0.15, 0.2) is 5.58 Å². The normalized spacial score (nSPS) is 14.5. The maximum Gasteiger partial charge on any atom is 0.255 e. The molecule has 1 saturated heterocycles. The van der Waals surface area contributed by atoms with Crippen molar-refractivity contribution in [3.63, 3.8) is 0 Å². The molecule has 1 aromatic heterocycles. The number of halogens is 1. The van der Waals surface area contributed by atoms with Crippen molar-refractivity contribution in [2.75, 3.05) is 31.5 Å². The van der Waals surface area contributed by atoms with E-state index in [1.54, 1.807) is 24.3 Å². The molecule has 0 unspecified atom stereocenters. The first-order chi connectivity index (χ1) is 15.7. The monoisotopic (exact) mass is 446 g/mol. The minimum Gasteiger partial charge on any atom is -0.436 e. The van der Waals surface area contributed by atoms with Gasteiger partial charge < -0.3 is 15.1 Å². The second kappa shape index (κ2) is 9.12. The molecule has 4 aromatic rings. The Bertz CT molecular complexity index is 1250. The van der Waals surface area contributed by atoms with Gasteiger partial charge in [-0.15, -0.1) is 0 Å². The average molecular weight is 447 g/mol. The molecule has 162 valence electrons. The maximum atomic E-state index is 12.7. The molecule has 1 fully saturated rings. The Morgan fingerprint density at radius 2 is 1.81 bits per heavy atom. The minimum absolute atomic E-state index is 0.218. The molecule has 5 rings (SSSR count). The highest BCUT2D eigenvalue weighted by atomic mass is 35.5. The second-order valence-corrected chi connectivity index (χ2v) is 8.25. The summed E-state index contributed by atoms with van der Waals surface area (Å²) < 4.78 is 6.12. The van der Waals surface area contributed by atoms with Crippen LogP contribution in [-0.2, 0) is 6.54 Å². The van der Waals surface area contributed by atoms with Crippen LogP contribution < -0.4 is 10.6 Å². The van der Waals surface area contributed by atoms with Crippen LogP contribution in [0.2, 0.25) is 5.02 Å². The predicted octanol–water partition coefficient (Wildman–Crippen LogP) is 4.81. The smallest absolute Gasteiger partial charge is 0.255 e. The summed E-state index contributed by atoms with van der Waals surface area (Å²) in [5.74, 6) is 0.268. The van der Waals surface area contributed by atoms with Gasteiger partial charge in [-0.2, -0.15) is 0 Å². The first-order valence-electron chi connectivity index (χ1n) is 10.7. The number of amides is 1. The second-order valence-electron chi connectivity index (χ2n) is 7.82. The lowest BCUT2D eigenvalue weighted by atomic mass is 10.1. The molecule has 2 heterocycles. The summed E-state index contributed by atoms with van der Waals surface area (Å²) in [6, 6.07) is 20.4. The third-order valence-electron chi connectivity index (χ3n) is 5.62. The Kier molecular flexibility index (Phi) is 5.90. The number of nitrogens with zero attached hydrogens (tertiary/aromatic N) is 2. The van der Waals surface area contributed by atoms with Crippen LogP contribution in [0.4, 0.5) is 5.69 Å². The molecular weight excluding hydrogens is 424 g/mol. The molecule has 1 amide bonds. The minimum atomic E-state index is -0.218. The molecule has 3 aromatic carbocycles. The summed E-state index contributed by atoms with van der Waals surface area (Å²) in [4.78, 5) is 20.0. The number of nitrogens with one attached hydrogen (secondary N) is 2. The van der Waals surface area contributed by atoms with E-state index >= 15 is 0 Å². The Hall–Kier alpha value is -3.19. The number of aromatic nitrogens is 1. The quantitative estimate of drug-likeness (QED) is 0.460. The zero-order chi connectivity index (χ0) is 21.9. The first-order valence-corrected chi connectivity index (χ1v) is 11.0. The molecule has 6 nitrogen and oxygen atoms in total. The third kappa shape index (κ3) is 4.39. The average Bonchev–Trinajstić information content (AvgIpc) is 3.26. The number of rotatable bonds is 5. The number of carbonyl (C=O) groups is 1. The van der Waals surface area contributed by atoms with E-state index in [9.17, 15) is 4.79 Å². The standard InChI is InChI=1S/C25H23ClN4O2/c26-19-10-8-17(9-11-19)24(31)28-21-6-2-1-5-20(21)25-29-23-18(4-3-7-22(23)32-25)16-30-14-12-27-13-15-30/h1-11,27H,12-16H2,(H,28,31). The van der Waals surface area contributed by atoms with Gasteiger partial charge in [0.05, 0.1) is 11.3 Å². The van der Waals surface area contributed by atoms with Crippen molar-refractivity contribution in [2.24, 2.45) is 0 Å². The van der Waals surface area contributed by atoms with Crippen molar-refractivity contribution < 1.29 is 9.21 Å². The van der Waals surface area contributed by atoms with Gasteiger partial charge in [0.1, 0.15) is 5.52 Å². The van der Waals surface area contributed by atoms with Crippen LogP contribution in [0.1, 0.15) is 15.9 Å². The fraction of sp³-hybridized carbons (Fsp3) is 0.200. The fourth-order valence-corrected chi connectivity index (χ4v) is 4.06. The largest absolute Gasteiger partial charge is 0.436 e. The highest BCUT2D eigenvalue weighted by molar-refractivity contribution is 6.30. The Morgan fingerprint density at radius 1 is 1.03 bits per heavy atom. The van der Waals surface area contributed by atoms with E-state index in [2.05, 4.69) is 21.6 Å². The number of para-hydroxylation sites is 2. The molecule has 0 aliphatic carbocycles. The molecular formula is C25H23ClN4O2. The molecule has 0 spiro atoms. The number of piperazine rings is 1. The van der Waals surface area contributed by atoms with Crippen LogP contribution in [0.15, 0.2) is 71.1 Å². The highest BCUT2D eigenvalue weighted by Gasteiger charge is 2.18. The van der Waals surface area contributed by atoms with Crippen molar-refractivity contribution in [3.8, 4) is 11.5 Å². The molecule has 32 heavy (non-hydrogen) atoms. The SMILES string of the molecule is O=C(Nc1ccccc1-c1nc2c(CN3CCNCC3)cccc2o1)c1ccc(Cl)cc1. The van der Waals surface area contributed by atoms with Crippen molar-refractivity contribution in [1.29, 1.82) is 0 Å². The van der Waals surface area contributed by atoms with Crippen molar-refractivity contribution >= 4 is 34.3 Å². The summed E-state index contributed by atoms with van der Waals surface area (Å²) >= 11 is 5.94. The van der Waals surface area contributed by atoms with Crippen LogP contribution in [-0.4, -0.2) is 42.0 Å². The molecule has 2 N–H and O–H groups in total. The third-order valence-corrected chi connectivity index (χ3v) is 5.87. The summed E-state index contributed by atoms with van der Waals surface area (Å²) in [5.41, 5.74) is 4.65. The summed E-state index contributed by atoms with van der Waals surface area (Å²) in [5, 5.41) is 6.94. The number of fused-ring (bicyclic) bond motifs is 1.